The van der Waals surface area contributed by atoms with Crippen LogP contribution in [0.25, 0.3) is 0 Å². The number of rotatable bonds is 6. The Morgan fingerprint density at radius 1 is 1.15 bits per heavy atom. The minimum atomic E-state index is -0.202. The monoisotopic (exact) mass is 430 g/mol. The average Bonchev–Trinajstić information content (AvgIpc) is 3.22. The van der Waals surface area contributed by atoms with Gasteiger partial charge in [0.2, 0.25) is 0 Å². The van der Waals surface area contributed by atoms with Crippen molar-refractivity contribution in [2.45, 2.75) is 38.3 Å². The first kappa shape index (κ1) is 19.9. The zero-order chi connectivity index (χ0) is 19.4. The van der Waals surface area contributed by atoms with Crippen molar-refractivity contribution < 1.29 is 9.53 Å². The van der Waals surface area contributed by atoms with Gasteiger partial charge >= 0.3 is 0 Å². The summed E-state index contributed by atoms with van der Waals surface area (Å²) in [4.78, 5) is 15.7. The van der Waals surface area contributed by atoms with Crippen molar-refractivity contribution in [3.8, 4) is 5.75 Å². The molecule has 1 unspecified atom stereocenters. The molecule has 2 aromatic rings. The first-order chi connectivity index (χ1) is 12.9. The fourth-order valence-electron chi connectivity index (χ4n) is 3.86. The van der Waals surface area contributed by atoms with Crippen LogP contribution in [0.1, 0.15) is 48.7 Å². The molecule has 0 bridgehead atoms. The molecular weight excluding hydrogens is 404 g/mol. The highest BCUT2D eigenvalue weighted by Gasteiger charge is 2.38. The Kier molecular flexibility index (Phi) is 6.22. The second kappa shape index (κ2) is 8.44. The van der Waals surface area contributed by atoms with Crippen LogP contribution >= 0.6 is 15.9 Å². The number of carbonyl (C=O) groups is 1. The number of likely N-dealkylation sites (tertiary alicyclic amines) is 1. The SMILES string of the molecule is COc1ccc(Br)cc1C(=O)NC(c1ccccc1)C(C)(C)N1CCCC1. The van der Waals surface area contributed by atoms with Crippen LogP contribution in [0.3, 0.4) is 0 Å². The molecule has 0 radical (unpaired) electrons. The lowest BCUT2D eigenvalue weighted by atomic mass is 9.86. The molecule has 0 aromatic heterocycles. The van der Waals surface area contributed by atoms with E-state index in [1.165, 1.54) is 12.8 Å². The van der Waals surface area contributed by atoms with Crippen molar-refractivity contribution in [2.75, 3.05) is 20.2 Å². The van der Waals surface area contributed by atoms with Crippen LogP contribution in [0.5, 0.6) is 5.75 Å². The van der Waals surface area contributed by atoms with E-state index in [9.17, 15) is 4.79 Å². The highest BCUT2D eigenvalue weighted by Crippen LogP contribution is 2.34. The standard InChI is InChI=1S/C22H27BrN2O2/c1-22(2,25-13-7-8-14-25)20(16-9-5-4-6-10-16)24-21(26)18-15-17(23)11-12-19(18)27-3/h4-6,9-12,15,20H,7-8,13-14H2,1-3H3,(H,24,26). The summed E-state index contributed by atoms with van der Waals surface area (Å²) >= 11 is 3.45. The number of methoxy groups -OCH3 is 1. The van der Waals surface area contributed by atoms with Gasteiger partial charge in [0.15, 0.2) is 0 Å². The Hall–Kier alpha value is -1.85. The first-order valence-electron chi connectivity index (χ1n) is 9.38. The van der Waals surface area contributed by atoms with Crippen LogP contribution in [-0.4, -0.2) is 36.5 Å². The third-order valence-corrected chi connectivity index (χ3v) is 5.94. The molecule has 1 aliphatic rings. The number of amides is 1. The van der Waals surface area contributed by atoms with Gasteiger partial charge in [-0.2, -0.15) is 0 Å². The molecular formula is C22H27BrN2O2. The van der Waals surface area contributed by atoms with E-state index >= 15 is 0 Å². The van der Waals surface area contributed by atoms with E-state index in [1.54, 1.807) is 13.2 Å². The third-order valence-electron chi connectivity index (χ3n) is 5.44. The maximum atomic E-state index is 13.2. The Morgan fingerprint density at radius 3 is 2.44 bits per heavy atom. The number of halogens is 1. The molecule has 1 aliphatic heterocycles. The van der Waals surface area contributed by atoms with Crippen LogP contribution in [-0.2, 0) is 0 Å². The molecule has 2 aromatic carbocycles. The van der Waals surface area contributed by atoms with Gasteiger partial charge in [-0.05, 0) is 63.5 Å². The lowest BCUT2D eigenvalue weighted by Gasteiger charge is -2.42. The molecule has 1 amide bonds. The van der Waals surface area contributed by atoms with Crippen molar-refractivity contribution in [1.29, 1.82) is 0 Å². The van der Waals surface area contributed by atoms with Gasteiger partial charge in [0, 0.05) is 10.0 Å². The molecule has 0 aliphatic carbocycles. The van der Waals surface area contributed by atoms with Crippen LogP contribution in [0.4, 0.5) is 0 Å². The minimum absolute atomic E-state index is 0.130. The van der Waals surface area contributed by atoms with E-state index in [2.05, 4.69) is 52.1 Å². The van der Waals surface area contributed by atoms with Crippen molar-refractivity contribution in [3.63, 3.8) is 0 Å². The zero-order valence-corrected chi connectivity index (χ0v) is 17.8. The number of benzene rings is 2. The number of hydrogen-bond donors (Lipinski definition) is 1. The summed E-state index contributed by atoms with van der Waals surface area (Å²) in [5.74, 6) is 0.441. The predicted octanol–water partition coefficient (Wildman–Crippen LogP) is 4.80. The Balaban J connectivity index is 1.94. The van der Waals surface area contributed by atoms with E-state index in [4.69, 9.17) is 4.74 Å². The van der Waals surface area contributed by atoms with Crippen molar-refractivity contribution in [1.82, 2.24) is 10.2 Å². The molecule has 0 saturated carbocycles. The second-order valence-corrected chi connectivity index (χ2v) is 8.43. The fraction of sp³-hybridized carbons (Fsp3) is 0.409. The van der Waals surface area contributed by atoms with Gasteiger partial charge in [0.1, 0.15) is 5.75 Å². The van der Waals surface area contributed by atoms with Gasteiger partial charge in [-0.15, -0.1) is 0 Å². The summed E-state index contributed by atoms with van der Waals surface area (Å²) in [7, 11) is 1.59. The third kappa shape index (κ3) is 4.36. The number of nitrogens with one attached hydrogen (secondary N) is 1. The Morgan fingerprint density at radius 2 is 1.81 bits per heavy atom. The summed E-state index contributed by atoms with van der Waals surface area (Å²) in [6, 6.07) is 15.6. The zero-order valence-electron chi connectivity index (χ0n) is 16.2. The van der Waals surface area contributed by atoms with Crippen LogP contribution in [0.15, 0.2) is 53.0 Å². The maximum Gasteiger partial charge on any atom is 0.255 e. The highest BCUT2D eigenvalue weighted by molar-refractivity contribution is 9.10. The molecule has 144 valence electrons. The lowest BCUT2D eigenvalue weighted by molar-refractivity contribution is 0.0776. The molecule has 5 heteroatoms. The lowest BCUT2D eigenvalue weighted by Crippen LogP contribution is -2.52. The first-order valence-corrected chi connectivity index (χ1v) is 10.2. The molecule has 1 N–H and O–H groups in total. The maximum absolute atomic E-state index is 13.2. The quantitative estimate of drug-likeness (QED) is 0.714. The van der Waals surface area contributed by atoms with Gasteiger partial charge in [-0.25, -0.2) is 0 Å². The summed E-state index contributed by atoms with van der Waals surface area (Å²) in [5, 5.41) is 3.29. The average molecular weight is 431 g/mol. The number of ether oxygens (including phenoxy) is 1. The molecule has 1 saturated heterocycles. The topological polar surface area (TPSA) is 41.6 Å². The highest BCUT2D eigenvalue weighted by atomic mass is 79.9. The summed E-state index contributed by atoms with van der Waals surface area (Å²) < 4.78 is 6.25. The minimum Gasteiger partial charge on any atom is -0.496 e. The van der Waals surface area contributed by atoms with Gasteiger partial charge in [0.25, 0.3) is 5.91 Å². The Bertz CT molecular complexity index is 786. The normalized spacial score (nSPS) is 16.1. The Labute approximate surface area is 170 Å². The molecule has 0 spiro atoms. The summed E-state index contributed by atoms with van der Waals surface area (Å²) in [5.41, 5.74) is 1.44. The number of hydrogen-bond acceptors (Lipinski definition) is 3. The molecule has 3 rings (SSSR count). The molecule has 1 heterocycles. The van der Waals surface area contributed by atoms with Crippen LogP contribution in [0.2, 0.25) is 0 Å². The molecule has 1 atom stereocenters. The van der Waals surface area contributed by atoms with E-state index in [0.29, 0.717) is 11.3 Å². The van der Waals surface area contributed by atoms with Gasteiger partial charge in [-0.1, -0.05) is 46.3 Å². The number of nitrogens with zero attached hydrogens (tertiary/aromatic N) is 1. The van der Waals surface area contributed by atoms with E-state index < -0.39 is 0 Å². The van der Waals surface area contributed by atoms with Gasteiger partial charge in [-0.3, -0.25) is 9.69 Å². The van der Waals surface area contributed by atoms with E-state index in [-0.39, 0.29) is 17.5 Å². The smallest absolute Gasteiger partial charge is 0.255 e. The van der Waals surface area contributed by atoms with E-state index in [0.717, 1.165) is 23.1 Å². The van der Waals surface area contributed by atoms with Crippen molar-refractivity contribution in [2.24, 2.45) is 0 Å². The predicted molar refractivity (Wildman–Crippen MR) is 112 cm³/mol. The molecule has 27 heavy (non-hydrogen) atoms. The number of carbonyl (C=O) groups excluding carboxylic acids is 1. The second-order valence-electron chi connectivity index (χ2n) is 7.51. The van der Waals surface area contributed by atoms with Crippen LogP contribution in [0, 0.1) is 0 Å². The summed E-state index contributed by atoms with van der Waals surface area (Å²) in [6.07, 6.45) is 2.41. The van der Waals surface area contributed by atoms with Gasteiger partial charge in [0.05, 0.1) is 18.7 Å². The largest absolute Gasteiger partial charge is 0.496 e. The molecule has 1 fully saturated rings. The van der Waals surface area contributed by atoms with E-state index in [1.807, 2.05) is 30.3 Å². The van der Waals surface area contributed by atoms with Crippen molar-refractivity contribution >= 4 is 21.8 Å². The van der Waals surface area contributed by atoms with Gasteiger partial charge < -0.3 is 10.1 Å². The van der Waals surface area contributed by atoms with Crippen molar-refractivity contribution in [3.05, 3.63) is 64.1 Å². The molecule has 4 nitrogen and oxygen atoms in total. The summed E-state index contributed by atoms with van der Waals surface area (Å²) in [6.45, 7) is 6.56. The van der Waals surface area contributed by atoms with Crippen LogP contribution < -0.4 is 10.1 Å². The fourth-order valence-corrected chi connectivity index (χ4v) is 4.22.